The van der Waals surface area contributed by atoms with Gasteiger partial charge in [0.05, 0.1) is 34.2 Å². The van der Waals surface area contributed by atoms with E-state index in [0.29, 0.717) is 0 Å². The minimum atomic E-state index is 0. The summed E-state index contributed by atoms with van der Waals surface area (Å²) in [4.78, 5) is 14.5. The summed E-state index contributed by atoms with van der Waals surface area (Å²) in [6, 6.07) is 16.5. The maximum Gasteiger partial charge on any atom is 2.00 e. The molecule has 3 rings (SSSR count). The molecule has 3 aromatic rings. The van der Waals surface area contributed by atoms with Gasteiger partial charge in [-0.1, -0.05) is 30.3 Å². The quantitative estimate of drug-likeness (QED) is 0.343. The zero-order chi connectivity index (χ0) is 21.1. The van der Waals surface area contributed by atoms with Crippen molar-refractivity contribution >= 4 is 38.7 Å². The number of hydrogen-bond donors (Lipinski definition) is 0. The van der Waals surface area contributed by atoms with Crippen LogP contribution in [0.1, 0.15) is 47.5 Å². The summed E-state index contributed by atoms with van der Waals surface area (Å²) >= 11 is 3.64. The van der Waals surface area contributed by atoms with Crippen molar-refractivity contribution in [2.75, 3.05) is 0 Å². The van der Waals surface area contributed by atoms with Crippen LogP contribution in [-0.4, -0.2) is 16.4 Å². The minimum Gasteiger partial charge on any atom is -1.00 e. The van der Waals surface area contributed by atoms with Crippen molar-refractivity contribution in [3.05, 3.63) is 86.6 Å². The number of aromatic nitrogens is 1. The standard InChI is InChI=1S/C25H26BrN3.2ClH.Fe/c1-15-13-18(4)25(21(26)14-15)28-20(6)23-12-8-11-22(29-23)19(5)27-24-16(2)9-7-10-17(24)3;;;/h7-14H,1-6H3;2*1H;/q;;;+2/p-2. The molecule has 0 unspecified atom stereocenters. The Balaban J connectivity index is 0.00000320. The van der Waals surface area contributed by atoms with Crippen LogP contribution in [0.15, 0.2) is 63.0 Å². The van der Waals surface area contributed by atoms with Crippen molar-refractivity contribution in [3.8, 4) is 0 Å². The summed E-state index contributed by atoms with van der Waals surface area (Å²) < 4.78 is 0.998. The number of aryl methyl sites for hydroxylation is 4. The van der Waals surface area contributed by atoms with Gasteiger partial charge in [0.1, 0.15) is 0 Å². The maximum absolute atomic E-state index is 4.86. The van der Waals surface area contributed by atoms with Crippen molar-refractivity contribution in [2.24, 2.45) is 9.98 Å². The van der Waals surface area contributed by atoms with Gasteiger partial charge < -0.3 is 24.8 Å². The molecule has 0 radical (unpaired) electrons. The van der Waals surface area contributed by atoms with Gasteiger partial charge in [-0.3, -0.25) is 9.98 Å². The number of nitrogens with zero attached hydrogens (tertiary/aromatic N) is 3. The van der Waals surface area contributed by atoms with E-state index in [0.717, 1.165) is 55.3 Å². The summed E-state index contributed by atoms with van der Waals surface area (Å²) in [5.74, 6) is 0. The Kier molecular flexibility index (Phi) is 12.7. The first-order valence-electron chi connectivity index (χ1n) is 9.67. The van der Waals surface area contributed by atoms with Crippen LogP contribution < -0.4 is 24.8 Å². The van der Waals surface area contributed by atoms with Crippen molar-refractivity contribution in [1.82, 2.24) is 4.98 Å². The van der Waals surface area contributed by atoms with Crippen LogP contribution in [-0.2, 0) is 17.1 Å². The van der Waals surface area contributed by atoms with Crippen LogP contribution in [0.2, 0.25) is 0 Å². The van der Waals surface area contributed by atoms with Crippen LogP contribution in [0.25, 0.3) is 0 Å². The van der Waals surface area contributed by atoms with Crippen molar-refractivity contribution < 1.29 is 41.9 Å². The van der Waals surface area contributed by atoms with E-state index in [4.69, 9.17) is 15.0 Å². The van der Waals surface area contributed by atoms with Crippen molar-refractivity contribution in [2.45, 2.75) is 41.5 Å². The minimum absolute atomic E-state index is 0. The molecule has 0 fully saturated rings. The van der Waals surface area contributed by atoms with E-state index >= 15 is 0 Å². The molecule has 0 saturated heterocycles. The molecule has 0 spiro atoms. The van der Waals surface area contributed by atoms with E-state index in [9.17, 15) is 0 Å². The molecule has 1 aromatic heterocycles. The predicted molar refractivity (Wildman–Crippen MR) is 128 cm³/mol. The van der Waals surface area contributed by atoms with Gasteiger partial charge in [-0.25, -0.2) is 4.98 Å². The third-order valence-corrected chi connectivity index (χ3v) is 5.49. The molecule has 0 aliphatic carbocycles. The Bertz CT molecular complexity index is 1100. The Hall–Kier alpha value is -1.49. The molecule has 0 atom stereocenters. The van der Waals surface area contributed by atoms with Crippen LogP contribution >= 0.6 is 15.9 Å². The van der Waals surface area contributed by atoms with E-state index in [1.807, 2.05) is 32.0 Å². The molecule has 2 aromatic carbocycles. The monoisotopic (exact) mass is 573 g/mol. The number of rotatable bonds is 4. The van der Waals surface area contributed by atoms with Gasteiger partial charge in [0.25, 0.3) is 0 Å². The third-order valence-electron chi connectivity index (χ3n) is 4.89. The molecule has 170 valence electrons. The van der Waals surface area contributed by atoms with E-state index in [2.05, 4.69) is 74.0 Å². The Morgan fingerprint density at radius 2 is 1.19 bits per heavy atom. The summed E-state index contributed by atoms with van der Waals surface area (Å²) in [6.07, 6.45) is 0. The number of para-hydroxylation sites is 1. The number of aliphatic imine (C=N–C) groups is 2. The van der Waals surface area contributed by atoms with Gasteiger partial charge in [0, 0.05) is 4.47 Å². The average Bonchev–Trinajstić information content (AvgIpc) is 2.67. The molecule has 0 aliphatic rings. The predicted octanol–water partition coefficient (Wildman–Crippen LogP) is 1.36. The van der Waals surface area contributed by atoms with E-state index in [1.165, 1.54) is 5.56 Å². The number of pyridine rings is 1. The summed E-state index contributed by atoms with van der Waals surface area (Å²) in [5, 5.41) is 0. The second-order valence-electron chi connectivity index (χ2n) is 7.46. The van der Waals surface area contributed by atoms with Gasteiger partial charge in [-0.05, 0) is 97.9 Å². The number of benzene rings is 2. The van der Waals surface area contributed by atoms with Gasteiger partial charge in [0.2, 0.25) is 0 Å². The summed E-state index contributed by atoms with van der Waals surface area (Å²) in [5.41, 5.74) is 10.1. The Labute approximate surface area is 222 Å². The molecule has 0 amide bonds. The second-order valence-corrected chi connectivity index (χ2v) is 8.31. The van der Waals surface area contributed by atoms with Crippen LogP contribution in [0, 0.1) is 27.7 Å². The fraction of sp³-hybridized carbons (Fsp3) is 0.240. The van der Waals surface area contributed by atoms with Crippen LogP contribution in [0.5, 0.6) is 0 Å². The zero-order valence-corrected chi connectivity index (χ0v) is 23.1. The Morgan fingerprint density at radius 1 is 0.719 bits per heavy atom. The molecule has 0 bridgehead atoms. The topological polar surface area (TPSA) is 37.6 Å². The van der Waals surface area contributed by atoms with Crippen LogP contribution in [0.4, 0.5) is 11.4 Å². The molecule has 3 nitrogen and oxygen atoms in total. The van der Waals surface area contributed by atoms with Crippen LogP contribution in [0.3, 0.4) is 0 Å². The first kappa shape index (κ1) is 30.5. The Morgan fingerprint density at radius 3 is 1.69 bits per heavy atom. The molecule has 0 N–H and O–H groups in total. The largest absolute Gasteiger partial charge is 2.00 e. The summed E-state index contributed by atoms with van der Waals surface area (Å²) in [7, 11) is 0. The fourth-order valence-electron chi connectivity index (χ4n) is 3.32. The first-order chi connectivity index (χ1) is 13.8. The van der Waals surface area contributed by atoms with Crippen molar-refractivity contribution in [1.29, 1.82) is 0 Å². The average molecular weight is 575 g/mol. The molecule has 1 heterocycles. The normalized spacial score (nSPS) is 11.2. The molecular weight excluding hydrogens is 549 g/mol. The van der Waals surface area contributed by atoms with Crippen molar-refractivity contribution in [3.63, 3.8) is 0 Å². The molecule has 32 heavy (non-hydrogen) atoms. The molecule has 0 saturated carbocycles. The van der Waals surface area contributed by atoms with Gasteiger partial charge >= 0.3 is 17.1 Å². The zero-order valence-electron chi connectivity index (χ0n) is 18.9. The first-order valence-corrected chi connectivity index (χ1v) is 10.5. The molecule has 7 heteroatoms. The van der Waals surface area contributed by atoms with E-state index in [-0.39, 0.29) is 41.9 Å². The second kappa shape index (κ2) is 13.3. The smallest absolute Gasteiger partial charge is 1.00 e. The van der Waals surface area contributed by atoms with E-state index < -0.39 is 0 Å². The van der Waals surface area contributed by atoms with E-state index in [1.54, 1.807) is 0 Å². The van der Waals surface area contributed by atoms with Gasteiger partial charge in [0.15, 0.2) is 0 Å². The number of hydrogen-bond acceptors (Lipinski definition) is 3. The molecular formula is C25H26BrCl2FeN3. The molecule has 0 aliphatic heterocycles. The fourth-order valence-corrected chi connectivity index (χ4v) is 4.08. The van der Waals surface area contributed by atoms with Gasteiger partial charge in [-0.15, -0.1) is 0 Å². The maximum atomic E-state index is 4.86. The van der Waals surface area contributed by atoms with Gasteiger partial charge in [-0.2, -0.15) is 0 Å². The third kappa shape index (κ3) is 7.26. The SMILES string of the molecule is CC(=Nc1c(C)cccc1C)c1cccc(C(C)=Nc2c(C)cc(C)cc2Br)n1.[Cl-].[Cl-].[Fe+2]. The number of halogens is 3. The summed E-state index contributed by atoms with van der Waals surface area (Å²) in [6.45, 7) is 12.3.